The molecule has 1 aliphatic rings. The molecule has 19 heavy (non-hydrogen) atoms. The fourth-order valence-corrected chi connectivity index (χ4v) is 2.33. The Kier molecular flexibility index (Phi) is 4.97. The van der Waals surface area contributed by atoms with Crippen LogP contribution in [0.3, 0.4) is 0 Å². The first-order chi connectivity index (χ1) is 9.16. The molecule has 0 fully saturated rings. The summed E-state index contributed by atoms with van der Waals surface area (Å²) in [7, 11) is 0. The average Bonchev–Trinajstić information content (AvgIpc) is 2.40. The maximum Gasteiger partial charge on any atom is 0.0601 e. The summed E-state index contributed by atoms with van der Waals surface area (Å²) in [5.74, 6) is 0.686. The van der Waals surface area contributed by atoms with Crippen molar-refractivity contribution in [1.29, 1.82) is 0 Å². The lowest BCUT2D eigenvalue weighted by Gasteiger charge is -2.29. The molecule has 0 saturated heterocycles. The van der Waals surface area contributed by atoms with E-state index >= 15 is 0 Å². The molecule has 0 amide bonds. The second-order valence-corrected chi connectivity index (χ2v) is 5.78. The molecular formula is C16H25N3. The van der Waals surface area contributed by atoms with Crippen molar-refractivity contribution < 1.29 is 0 Å². The van der Waals surface area contributed by atoms with Gasteiger partial charge in [0, 0.05) is 25.8 Å². The van der Waals surface area contributed by atoms with Crippen LogP contribution in [0.4, 0.5) is 5.69 Å². The number of hydrogen-bond donors (Lipinski definition) is 1. The van der Waals surface area contributed by atoms with Gasteiger partial charge in [-0.25, -0.2) is 0 Å². The first kappa shape index (κ1) is 14.1. The van der Waals surface area contributed by atoms with Crippen molar-refractivity contribution in [2.24, 2.45) is 5.92 Å². The monoisotopic (exact) mass is 259 g/mol. The molecular weight excluding hydrogens is 234 g/mol. The normalized spacial score (nSPS) is 15.8. The molecule has 0 unspecified atom stereocenters. The van der Waals surface area contributed by atoms with Crippen molar-refractivity contribution >= 4 is 5.69 Å². The van der Waals surface area contributed by atoms with Crippen molar-refractivity contribution in [2.75, 3.05) is 24.5 Å². The summed E-state index contributed by atoms with van der Waals surface area (Å²) in [5.41, 5.74) is 4.13. The topological polar surface area (TPSA) is 28.2 Å². The molecule has 0 saturated carbocycles. The van der Waals surface area contributed by atoms with Crippen LogP contribution in [0.5, 0.6) is 0 Å². The Morgan fingerprint density at radius 1 is 1.42 bits per heavy atom. The molecule has 3 heteroatoms. The fraction of sp³-hybridized carbons (Fsp3) is 0.562. The van der Waals surface area contributed by atoms with Crippen LogP contribution in [0.15, 0.2) is 30.1 Å². The predicted molar refractivity (Wildman–Crippen MR) is 81.4 cm³/mol. The van der Waals surface area contributed by atoms with Gasteiger partial charge in [0.05, 0.1) is 11.9 Å². The van der Waals surface area contributed by atoms with Gasteiger partial charge in [0.25, 0.3) is 0 Å². The molecule has 3 nitrogen and oxygen atoms in total. The highest BCUT2D eigenvalue weighted by molar-refractivity contribution is 5.53. The van der Waals surface area contributed by atoms with Crippen LogP contribution in [-0.2, 0) is 6.54 Å². The van der Waals surface area contributed by atoms with E-state index in [1.54, 1.807) is 0 Å². The molecule has 2 heterocycles. The zero-order valence-corrected chi connectivity index (χ0v) is 12.3. The van der Waals surface area contributed by atoms with Gasteiger partial charge < -0.3 is 10.2 Å². The summed E-state index contributed by atoms with van der Waals surface area (Å²) < 4.78 is 0. The molecule has 0 spiro atoms. The van der Waals surface area contributed by atoms with Gasteiger partial charge in [0.15, 0.2) is 0 Å². The van der Waals surface area contributed by atoms with E-state index in [0.717, 1.165) is 32.6 Å². The molecule has 0 bridgehead atoms. The zero-order valence-electron chi connectivity index (χ0n) is 12.3. The number of rotatable bonds is 5. The van der Waals surface area contributed by atoms with Crippen molar-refractivity contribution in [1.82, 2.24) is 10.3 Å². The van der Waals surface area contributed by atoms with E-state index < -0.39 is 0 Å². The number of hydrogen-bond acceptors (Lipinski definition) is 3. The average molecular weight is 259 g/mol. The molecule has 1 aromatic rings. The lowest BCUT2D eigenvalue weighted by molar-refractivity contribution is 0.551. The van der Waals surface area contributed by atoms with E-state index in [-0.39, 0.29) is 0 Å². The third kappa shape index (κ3) is 4.06. The van der Waals surface area contributed by atoms with Gasteiger partial charge in [-0.05, 0) is 37.4 Å². The smallest absolute Gasteiger partial charge is 0.0601 e. The summed E-state index contributed by atoms with van der Waals surface area (Å²) in [6, 6.07) is 2.13. The van der Waals surface area contributed by atoms with Gasteiger partial charge in [0.1, 0.15) is 0 Å². The number of aromatic nitrogens is 1. The summed E-state index contributed by atoms with van der Waals surface area (Å²) in [6.07, 6.45) is 7.37. The SMILES string of the molecule is CC1=CCN(c2cnccc2CNCC(C)C)CC1. The lowest BCUT2D eigenvalue weighted by Crippen LogP contribution is -2.30. The van der Waals surface area contributed by atoms with Gasteiger partial charge in [-0.1, -0.05) is 25.5 Å². The standard InChI is InChI=1S/C16H25N3/c1-13(2)10-18-11-15-4-7-17-12-16(15)19-8-5-14(3)6-9-19/h4-5,7,12-13,18H,6,8-11H2,1-3H3. The molecule has 104 valence electrons. The quantitative estimate of drug-likeness (QED) is 0.824. The van der Waals surface area contributed by atoms with Crippen molar-refractivity contribution in [3.8, 4) is 0 Å². The third-order valence-electron chi connectivity index (χ3n) is 3.53. The fourth-order valence-electron chi connectivity index (χ4n) is 2.33. The minimum Gasteiger partial charge on any atom is -0.366 e. The first-order valence-corrected chi connectivity index (χ1v) is 7.21. The van der Waals surface area contributed by atoms with Crippen LogP contribution in [0.25, 0.3) is 0 Å². The summed E-state index contributed by atoms with van der Waals surface area (Å²) >= 11 is 0. The maximum atomic E-state index is 4.29. The van der Waals surface area contributed by atoms with E-state index in [1.807, 2.05) is 12.4 Å². The van der Waals surface area contributed by atoms with E-state index in [4.69, 9.17) is 0 Å². The van der Waals surface area contributed by atoms with Crippen LogP contribution in [0.2, 0.25) is 0 Å². The highest BCUT2D eigenvalue weighted by Crippen LogP contribution is 2.22. The van der Waals surface area contributed by atoms with Crippen LogP contribution < -0.4 is 10.2 Å². The molecule has 0 radical (unpaired) electrons. The lowest BCUT2D eigenvalue weighted by atomic mass is 10.1. The molecule has 1 N–H and O–H groups in total. The van der Waals surface area contributed by atoms with Gasteiger partial charge in [-0.15, -0.1) is 0 Å². The Labute approximate surface area is 116 Å². The Hall–Kier alpha value is -1.35. The highest BCUT2D eigenvalue weighted by Gasteiger charge is 2.13. The van der Waals surface area contributed by atoms with Gasteiger partial charge in [-0.3, -0.25) is 4.98 Å². The van der Waals surface area contributed by atoms with E-state index in [2.05, 4.69) is 48.1 Å². The van der Waals surface area contributed by atoms with Crippen LogP contribution in [0.1, 0.15) is 32.8 Å². The molecule has 0 aromatic carbocycles. The Morgan fingerprint density at radius 3 is 2.95 bits per heavy atom. The molecule has 1 aromatic heterocycles. The summed E-state index contributed by atoms with van der Waals surface area (Å²) in [5, 5.41) is 3.52. The highest BCUT2D eigenvalue weighted by atomic mass is 15.1. The number of anilines is 1. The van der Waals surface area contributed by atoms with Gasteiger partial charge in [0.2, 0.25) is 0 Å². The summed E-state index contributed by atoms with van der Waals surface area (Å²) in [4.78, 5) is 6.72. The number of nitrogens with zero attached hydrogens (tertiary/aromatic N) is 2. The first-order valence-electron chi connectivity index (χ1n) is 7.21. The van der Waals surface area contributed by atoms with Gasteiger partial charge >= 0.3 is 0 Å². The van der Waals surface area contributed by atoms with Crippen LogP contribution >= 0.6 is 0 Å². The Bertz CT molecular complexity index is 437. The van der Waals surface area contributed by atoms with Gasteiger partial charge in [-0.2, -0.15) is 0 Å². The largest absolute Gasteiger partial charge is 0.366 e. The third-order valence-corrected chi connectivity index (χ3v) is 3.53. The van der Waals surface area contributed by atoms with Crippen molar-refractivity contribution in [3.63, 3.8) is 0 Å². The Balaban J connectivity index is 2.04. The second-order valence-electron chi connectivity index (χ2n) is 5.78. The van der Waals surface area contributed by atoms with Crippen LogP contribution in [0, 0.1) is 5.92 Å². The molecule has 2 rings (SSSR count). The van der Waals surface area contributed by atoms with Crippen molar-refractivity contribution in [2.45, 2.75) is 33.7 Å². The number of nitrogens with one attached hydrogen (secondary N) is 1. The maximum absolute atomic E-state index is 4.29. The predicted octanol–water partition coefficient (Wildman–Crippen LogP) is 2.98. The molecule has 0 aliphatic carbocycles. The minimum absolute atomic E-state index is 0.686. The number of pyridine rings is 1. The van der Waals surface area contributed by atoms with Crippen molar-refractivity contribution in [3.05, 3.63) is 35.7 Å². The molecule has 0 atom stereocenters. The van der Waals surface area contributed by atoms with Crippen LogP contribution in [-0.4, -0.2) is 24.6 Å². The van der Waals surface area contributed by atoms with E-state index in [1.165, 1.54) is 16.8 Å². The minimum atomic E-state index is 0.686. The molecule has 1 aliphatic heterocycles. The second kappa shape index (κ2) is 6.71. The zero-order chi connectivity index (χ0) is 13.7. The Morgan fingerprint density at radius 2 is 2.26 bits per heavy atom. The van der Waals surface area contributed by atoms with E-state index in [9.17, 15) is 0 Å². The summed E-state index contributed by atoms with van der Waals surface area (Å²) in [6.45, 7) is 10.8. The van der Waals surface area contributed by atoms with E-state index in [0.29, 0.717) is 5.92 Å².